The third kappa shape index (κ3) is 7.07. The van der Waals surface area contributed by atoms with Crippen molar-refractivity contribution in [3.8, 4) is 63.2 Å². The summed E-state index contributed by atoms with van der Waals surface area (Å²) in [5, 5.41) is 11.2. The summed E-state index contributed by atoms with van der Waals surface area (Å²) in [5.74, 6) is 5.72. The zero-order chi connectivity index (χ0) is 38.7. The summed E-state index contributed by atoms with van der Waals surface area (Å²) in [4.78, 5) is 4.62. The number of hydrogen-bond donors (Lipinski definition) is 1. The van der Waals surface area contributed by atoms with E-state index in [1.165, 1.54) is 7.11 Å². The van der Waals surface area contributed by atoms with E-state index in [1.54, 1.807) is 49.8 Å². The second kappa shape index (κ2) is 16.4. The van der Waals surface area contributed by atoms with Crippen LogP contribution in [-0.2, 0) is 25.7 Å². The van der Waals surface area contributed by atoms with Crippen molar-refractivity contribution < 1.29 is 47.7 Å². The Kier molecular flexibility index (Phi) is 11.7. The summed E-state index contributed by atoms with van der Waals surface area (Å²) in [6, 6.07) is 13.8. The predicted octanol–water partition coefficient (Wildman–Crippen LogP) is 6.80. The van der Waals surface area contributed by atoms with Crippen LogP contribution in [0.25, 0.3) is 0 Å². The van der Waals surface area contributed by atoms with Crippen molar-refractivity contribution in [1.82, 2.24) is 9.80 Å². The molecule has 6 rings (SSSR count). The van der Waals surface area contributed by atoms with Gasteiger partial charge >= 0.3 is 0 Å². The molecule has 0 aromatic heterocycles. The Bertz CT molecular complexity index is 1980. The van der Waals surface area contributed by atoms with E-state index in [0.29, 0.717) is 76.8 Å². The molecule has 2 aliphatic heterocycles. The van der Waals surface area contributed by atoms with E-state index >= 15 is 0 Å². The second-order valence-corrected chi connectivity index (χ2v) is 13.5. The van der Waals surface area contributed by atoms with Gasteiger partial charge in [-0.05, 0) is 86.8 Å². The van der Waals surface area contributed by atoms with Gasteiger partial charge < -0.3 is 47.7 Å². The Morgan fingerprint density at radius 3 is 1.65 bits per heavy atom. The standard InChI is InChI=1S/C42H52N2O10/c1-43-16-14-27-29(22-38(50-7)42(53-10)40(27)51-8)30(43)17-24-11-12-32(46-3)36(18-24)54-33-23-35(48-5)34(47-4)20-25(33)19-31-28-21-37(49-6)41(52-9)39(45)26(28)13-15-44(31)2/h11-12,18,20-23,30-31,45H,13-17,19H2,1-10H3. The van der Waals surface area contributed by atoms with Crippen molar-refractivity contribution >= 4 is 0 Å². The maximum absolute atomic E-state index is 11.2. The van der Waals surface area contributed by atoms with Crippen molar-refractivity contribution in [2.45, 2.75) is 37.8 Å². The summed E-state index contributed by atoms with van der Waals surface area (Å²) < 4.78 is 52.7. The van der Waals surface area contributed by atoms with E-state index in [4.69, 9.17) is 42.6 Å². The van der Waals surface area contributed by atoms with Crippen LogP contribution in [0.2, 0.25) is 0 Å². The fourth-order valence-corrected chi connectivity index (χ4v) is 7.91. The maximum atomic E-state index is 11.2. The molecule has 0 bridgehead atoms. The first-order valence-electron chi connectivity index (χ1n) is 17.9. The molecule has 0 radical (unpaired) electrons. The molecule has 54 heavy (non-hydrogen) atoms. The fraction of sp³-hybridized carbons (Fsp3) is 0.429. The van der Waals surface area contributed by atoms with Crippen LogP contribution in [0.4, 0.5) is 0 Å². The minimum Gasteiger partial charge on any atom is -0.504 e. The lowest BCUT2D eigenvalue weighted by molar-refractivity contribution is 0.222. The molecule has 0 amide bonds. The van der Waals surface area contributed by atoms with Crippen LogP contribution >= 0.6 is 0 Å². The molecule has 2 atom stereocenters. The quantitative estimate of drug-likeness (QED) is 0.147. The van der Waals surface area contributed by atoms with Gasteiger partial charge in [-0.25, -0.2) is 0 Å². The van der Waals surface area contributed by atoms with Gasteiger partial charge in [-0.15, -0.1) is 0 Å². The highest BCUT2D eigenvalue weighted by Crippen LogP contribution is 2.50. The topological polar surface area (TPSA) is 110 Å². The Labute approximate surface area is 317 Å². The molecular formula is C42H52N2O10. The monoisotopic (exact) mass is 744 g/mol. The van der Waals surface area contributed by atoms with Gasteiger partial charge in [-0.2, -0.15) is 0 Å². The average molecular weight is 745 g/mol. The number of phenolic OH excluding ortho intramolecular Hbond substituents is 1. The lowest BCUT2D eigenvalue weighted by atomic mass is 9.87. The van der Waals surface area contributed by atoms with Gasteiger partial charge in [0.2, 0.25) is 11.5 Å². The first kappa shape index (κ1) is 38.5. The van der Waals surface area contributed by atoms with E-state index in [9.17, 15) is 5.11 Å². The second-order valence-electron chi connectivity index (χ2n) is 13.5. The largest absolute Gasteiger partial charge is 0.504 e. The number of hydrogen-bond acceptors (Lipinski definition) is 12. The van der Waals surface area contributed by atoms with Gasteiger partial charge in [0.15, 0.2) is 46.0 Å². The van der Waals surface area contributed by atoms with Gasteiger partial charge in [0.05, 0.1) is 56.9 Å². The Balaban J connectivity index is 1.39. The van der Waals surface area contributed by atoms with Crippen molar-refractivity contribution in [2.75, 3.05) is 84.1 Å². The number of aromatic hydroxyl groups is 1. The molecule has 0 fully saturated rings. The molecule has 4 aromatic carbocycles. The van der Waals surface area contributed by atoms with Crippen LogP contribution in [0.15, 0.2) is 42.5 Å². The predicted molar refractivity (Wildman–Crippen MR) is 205 cm³/mol. The highest BCUT2D eigenvalue weighted by molar-refractivity contribution is 5.62. The molecule has 12 heteroatoms. The first-order chi connectivity index (χ1) is 26.1. The zero-order valence-electron chi connectivity index (χ0n) is 33.0. The molecule has 0 aliphatic carbocycles. The van der Waals surface area contributed by atoms with Gasteiger partial charge in [-0.3, -0.25) is 9.80 Å². The van der Waals surface area contributed by atoms with Crippen LogP contribution in [-0.4, -0.2) is 99.0 Å². The fourth-order valence-electron chi connectivity index (χ4n) is 7.91. The highest BCUT2D eigenvalue weighted by atomic mass is 16.5. The highest BCUT2D eigenvalue weighted by Gasteiger charge is 2.33. The third-order valence-electron chi connectivity index (χ3n) is 10.8. The number of nitrogens with zero attached hydrogens (tertiary/aromatic N) is 2. The van der Waals surface area contributed by atoms with Crippen molar-refractivity contribution in [3.63, 3.8) is 0 Å². The number of methoxy groups -OCH3 is 8. The summed E-state index contributed by atoms with van der Waals surface area (Å²) in [6.07, 6.45) is 2.72. The summed E-state index contributed by atoms with van der Waals surface area (Å²) in [6.45, 7) is 1.59. The zero-order valence-corrected chi connectivity index (χ0v) is 33.0. The lowest BCUT2D eigenvalue weighted by Gasteiger charge is -2.36. The number of ether oxygens (including phenoxy) is 9. The molecule has 0 saturated heterocycles. The Morgan fingerprint density at radius 1 is 0.519 bits per heavy atom. The lowest BCUT2D eigenvalue weighted by Crippen LogP contribution is -2.33. The number of fused-ring (bicyclic) bond motifs is 2. The number of likely N-dealkylation sites (N-methyl/N-ethyl adjacent to an activating group) is 2. The van der Waals surface area contributed by atoms with E-state index < -0.39 is 0 Å². The molecule has 2 aliphatic rings. The maximum Gasteiger partial charge on any atom is 0.203 e. The number of benzene rings is 4. The summed E-state index contributed by atoms with van der Waals surface area (Å²) in [5.41, 5.74) is 6.00. The molecule has 4 aromatic rings. The molecule has 1 N–H and O–H groups in total. The summed E-state index contributed by atoms with van der Waals surface area (Å²) in [7, 11) is 17.1. The summed E-state index contributed by atoms with van der Waals surface area (Å²) >= 11 is 0. The molecule has 0 spiro atoms. The van der Waals surface area contributed by atoms with Crippen LogP contribution < -0.4 is 42.6 Å². The van der Waals surface area contributed by atoms with Crippen molar-refractivity contribution in [2.24, 2.45) is 0 Å². The minimum absolute atomic E-state index is 0.0364. The SMILES string of the molecule is COc1cc(CC2c3cc(OC)c(OC)c(O)c3CCN2C)c(Oc2cc(CC3c4cc(OC)c(OC)c(OC)c4CCN3C)ccc2OC)cc1OC. The molecule has 0 saturated carbocycles. The Morgan fingerprint density at radius 2 is 1.06 bits per heavy atom. The molecule has 12 nitrogen and oxygen atoms in total. The first-order valence-corrected chi connectivity index (χ1v) is 17.9. The molecule has 290 valence electrons. The van der Waals surface area contributed by atoms with Crippen LogP contribution in [0.5, 0.6) is 63.2 Å². The van der Waals surface area contributed by atoms with E-state index in [2.05, 4.69) is 36.0 Å². The molecule has 2 heterocycles. The number of phenols is 1. The molecule has 2 unspecified atom stereocenters. The molecular weight excluding hydrogens is 692 g/mol. The third-order valence-corrected chi connectivity index (χ3v) is 10.8. The normalized spacial score (nSPS) is 16.9. The van der Waals surface area contributed by atoms with Crippen molar-refractivity contribution in [3.05, 3.63) is 75.8 Å². The van der Waals surface area contributed by atoms with E-state index in [1.807, 2.05) is 30.3 Å². The van der Waals surface area contributed by atoms with Crippen LogP contribution in [0.3, 0.4) is 0 Å². The minimum atomic E-state index is -0.123. The van der Waals surface area contributed by atoms with E-state index in [0.717, 1.165) is 52.9 Å². The van der Waals surface area contributed by atoms with Crippen LogP contribution in [0.1, 0.15) is 45.5 Å². The van der Waals surface area contributed by atoms with Crippen molar-refractivity contribution in [1.29, 1.82) is 0 Å². The van der Waals surface area contributed by atoms with Gasteiger partial charge in [0.25, 0.3) is 0 Å². The smallest absolute Gasteiger partial charge is 0.203 e. The van der Waals surface area contributed by atoms with E-state index in [-0.39, 0.29) is 17.8 Å². The Hall–Kier alpha value is -5.20. The average Bonchev–Trinajstić information content (AvgIpc) is 3.19. The van der Waals surface area contributed by atoms with Crippen LogP contribution in [0, 0.1) is 0 Å². The van der Waals surface area contributed by atoms with Gasteiger partial charge in [-0.1, -0.05) is 6.07 Å². The number of rotatable bonds is 14. The van der Waals surface area contributed by atoms with Gasteiger partial charge in [0, 0.05) is 47.9 Å². The van der Waals surface area contributed by atoms with Gasteiger partial charge in [0.1, 0.15) is 5.75 Å².